The maximum absolute atomic E-state index is 12.5. The number of aryl methyl sites for hydroxylation is 2. The van der Waals surface area contributed by atoms with Crippen molar-refractivity contribution >= 4 is 46.0 Å². The number of amides is 1. The van der Waals surface area contributed by atoms with Crippen LogP contribution < -0.4 is 5.32 Å². The van der Waals surface area contributed by atoms with Crippen LogP contribution in [0.4, 0.5) is 5.69 Å². The van der Waals surface area contributed by atoms with Crippen molar-refractivity contribution in [1.82, 2.24) is 19.7 Å². The van der Waals surface area contributed by atoms with Crippen molar-refractivity contribution in [2.75, 3.05) is 11.1 Å². The highest BCUT2D eigenvalue weighted by atomic mass is 35.5. The van der Waals surface area contributed by atoms with Gasteiger partial charge in [-0.15, -0.1) is 0 Å². The number of benzene rings is 2. The molecule has 0 radical (unpaired) electrons. The Kier molecular flexibility index (Phi) is 5.51. The van der Waals surface area contributed by atoms with Crippen LogP contribution in [0, 0.1) is 13.8 Å². The second-order valence-electron chi connectivity index (χ2n) is 6.58. The van der Waals surface area contributed by atoms with Crippen LogP contribution in [0.25, 0.3) is 16.7 Å². The smallest absolute Gasteiger partial charge is 0.234 e. The Balaban J connectivity index is 1.52. The number of rotatable bonds is 5. The van der Waals surface area contributed by atoms with Gasteiger partial charge in [-0.1, -0.05) is 47.6 Å². The van der Waals surface area contributed by atoms with Crippen molar-refractivity contribution in [3.05, 3.63) is 71.1 Å². The van der Waals surface area contributed by atoms with Crippen molar-refractivity contribution in [3.63, 3.8) is 0 Å². The van der Waals surface area contributed by atoms with E-state index in [9.17, 15) is 4.79 Å². The summed E-state index contributed by atoms with van der Waals surface area (Å²) in [6, 6.07) is 13.6. The van der Waals surface area contributed by atoms with Gasteiger partial charge in [0, 0.05) is 0 Å². The third-order valence-electron chi connectivity index (χ3n) is 4.37. The van der Waals surface area contributed by atoms with Gasteiger partial charge in [-0.05, 0) is 43.2 Å². The second kappa shape index (κ2) is 8.23. The molecule has 0 saturated carbocycles. The number of hydrogen-bond donors (Lipinski definition) is 1. The highest BCUT2D eigenvalue weighted by Crippen LogP contribution is 2.29. The predicted molar refractivity (Wildman–Crippen MR) is 117 cm³/mol. The molecule has 4 aromatic rings. The van der Waals surface area contributed by atoms with Gasteiger partial charge in [0.15, 0.2) is 5.65 Å². The molecule has 2 aromatic carbocycles. The number of carbonyl (C=O) groups excluding carboxylic acids is 1. The normalized spacial score (nSPS) is 11.0. The molecule has 146 valence electrons. The van der Waals surface area contributed by atoms with E-state index < -0.39 is 0 Å². The maximum atomic E-state index is 12.5. The van der Waals surface area contributed by atoms with Gasteiger partial charge >= 0.3 is 0 Å². The Bertz CT molecular complexity index is 1170. The van der Waals surface area contributed by atoms with E-state index in [0.717, 1.165) is 22.2 Å². The van der Waals surface area contributed by atoms with Crippen LogP contribution in [0.3, 0.4) is 0 Å². The summed E-state index contributed by atoms with van der Waals surface area (Å²) in [5, 5.41) is 9.38. The van der Waals surface area contributed by atoms with Crippen molar-refractivity contribution in [3.8, 4) is 5.69 Å². The molecule has 0 atom stereocenters. The molecule has 0 aliphatic carbocycles. The Morgan fingerprint density at radius 3 is 2.72 bits per heavy atom. The minimum absolute atomic E-state index is 0.147. The summed E-state index contributed by atoms with van der Waals surface area (Å²) in [4.78, 5) is 21.2. The van der Waals surface area contributed by atoms with Crippen LogP contribution in [-0.4, -0.2) is 31.4 Å². The minimum Gasteiger partial charge on any atom is -0.324 e. The lowest BCUT2D eigenvalue weighted by atomic mass is 10.1. The number of halogens is 1. The molecule has 6 nitrogen and oxygen atoms in total. The summed E-state index contributed by atoms with van der Waals surface area (Å²) >= 11 is 7.62. The number of fused-ring (bicyclic) bond motifs is 1. The Hall–Kier alpha value is -2.90. The zero-order valence-electron chi connectivity index (χ0n) is 15.9. The fourth-order valence-corrected chi connectivity index (χ4v) is 4.21. The molecular weight excluding hydrogens is 406 g/mol. The summed E-state index contributed by atoms with van der Waals surface area (Å²) < 4.78 is 1.76. The number of anilines is 1. The lowest BCUT2D eigenvalue weighted by molar-refractivity contribution is -0.113. The molecule has 0 unspecified atom stereocenters. The van der Waals surface area contributed by atoms with Gasteiger partial charge in [0.2, 0.25) is 5.91 Å². The molecule has 0 saturated heterocycles. The summed E-state index contributed by atoms with van der Waals surface area (Å²) in [5.74, 6) is 0.0535. The van der Waals surface area contributed by atoms with Gasteiger partial charge in [-0.3, -0.25) is 4.79 Å². The van der Waals surface area contributed by atoms with Crippen LogP contribution in [0.15, 0.2) is 60.0 Å². The van der Waals surface area contributed by atoms with E-state index in [-0.39, 0.29) is 11.7 Å². The van der Waals surface area contributed by atoms with E-state index in [0.29, 0.717) is 21.4 Å². The molecule has 1 amide bonds. The standard InChI is InChI=1S/C21H18ClN5OS/c1-13-8-14(2)19(17(22)9-13)26-18(28)11-29-21-16-10-25-27(20(16)23-12-24-21)15-6-4-3-5-7-15/h3-10,12H,11H2,1-2H3,(H,26,28). The molecule has 0 aliphatic rings. The van der Waals surface area contributed by atoms with E-state index in [4.69, 9.17) is 11.6 Å². The van der Waals surface area contributed by atoms with Crippen LogP contribution in [0.1, 0.15) is 11.1 Å². The molecule has 29 heavy (non-hydrogen) atoms. The topological polar surface area (TPSA) is 72.7 Å². The zero-order chi connectivity index (χ0) is 20.4. The third-order valence-corrected chi connectivity index (χ3v) is 5.67. The average Bonchev–Trinajstić information content (AvgIpc) is 3.14. The van der Waals surface area contributed by atoms with Crippen LogP contribution in [0.5, 0.6) is 0 Å². The minimum atomic E-state index is -0.147. The molecule has 0 aliphatic heterocycles. The summed E-state index contributed by atoms with van der Waals surface area (Å²) in [6.45, 7) is 3.89. The van der Waals surface area contributed by atoms with Gasteiger partial charge in [-0.2, -0.15) is 5.10 Å². The first-order valence-corrected chi connectivity index (χ1v) is 10.3. The van der Waals surface area contributed by atoms with Crippen molar-refractivity contribution in [2.45, 2.75) is 18.9 Å². The lowest BCUT2D eigenvalue weighted by Crippen LogP contribution is -2.15. The average molecular weight is 424 g/mol. The first kappa shape index (κ1) is 19.4. The summed E-state index contributed by atoms with van der Waals surface area (Å²) in [5.41, 5.74) is 4.25. The van der Waals surface area contributed by atoms with Gasteiger partial charge in [0.05, 0.1) is 33.7 Å². The molecule has 1 N–H and O–H groups in total. The van der Waals surface area contributed by atoms with Crippen LogP contribution in [-0.2, 0) is 4.79 Å². The summed E-state index contributed by atoms with van der Waals surface area (Å²) in [7, 11) is 0. The first-order chi connectivity index (χ1) is 14.0. The van der Waals surface area contributed by atoms with Crippen molar-refractivity contribution < 1.29 is 4.79 Å². The largest absolute Gasteiger partial charge is 0.324 e. The Morgan fingerprint density at radius 1 is 1.17 bits per heavy atom. The number of nitrogens with zero attached hydrogens (tertiary/aromatic N) is 4. The Morgan fingerprint density at radius 2 is 1.97 bits per heavy atom. The van der Waals surface area contributed by atoms with E-state index >= 15 is 0 Å². The molecular formula is C21H18ClN5OS. The number of aromatic nitrogens is 4. The van der Waals surface area contributed by atoms with Gasteiger partial charge in [-0.25, -0.2) is 14.6 Å². The molecule has 2 aromatic heterocycles. The molecule has 0 spiro atoms. The fraction of sp³-hybridized carbons (Fsp3) is 0.143. The monoisotopic (exact) mass is 423 g/mol. The molecule has 4 rings (SSSR count). The molecule has 2 heterocycles. The SMILES string of the molecule is Cc1cc(C)c(NC(=O)CSc2ncnc3c2cnn3-c2ccccc2)c(Cl)c1. The number of thioether (sulfide) groups is 1. The first-order valence-electron chi connectivity index (χ1n) is 8.96. The molecule has 0 bridgehead atoms. The molecule has 0 fully saturated rings. The van der Waals surface area contributed by atoms with Crippen LogP contribution >= 0.6 is 23.4 Å². The number of hydrogen-bond acceptors (Lipinski definition) is 5. The quantitative estimate of drug-likeness (QED) is 0.368. The highest BCUT2D eigenvalue weighted by Gasteiger charge is 2.14. The predicted octanol–water partition coefficient (Wildman–Crippen LogP) is 4.82. The summed E-state index contributed by atoms with van der Waals surface area (Å²) in [6.07, 6.45) is 3.22. The van der Waals surface area contributed by atoms with Crippen molar-refractivity contribution in [1.29, 1.82) is 0 Å². The number of para-hydroxylation sites is 1. The van der Waals surface area contributed by atoms with E-state index in [1.54, 1.807) is 10.9 Å². The lowest BCUT2D eigenvalue weighted by Gasteiger charge is -2.11. The van der Waals surface area contributed by atoms with Gasteiger partial charge in [0.25, 0.3) is 0 Å². The fourth-order valence-electron chi connectivity index (χ4n) is 3.08. The third kappa shape index (κ3) is 4.11. The van der Waals surface area contributed by atoms with E-state index in [1.165, 1.54) is 18.1 Å². The van der Waals surface area contributed by atoms with Gasteiger partial charge < -0.3 is 5.32 Å². The Labute approximate surface area is 177 Å². The zero-order valence-corrected chi connectivity index (χ0v) is 17.5. The number of nitrogens with one attached hydrogen (secondary N) is 1. The maximum Gasteiger partial charge on any atom is 0.234 e. The second-order valence-corrected chi connectivity index (χ2v) is 7.95. The van der Waals surface area contributed by atoms with E-state index in [2.05, 4.69) is 20.4 Å². The number of carbonyl (C=O) groups is 1. The highest BCUT2D eigenvalue weighted by molar-refractivity contribution is 8.00. The molecule has 8 heteroatoms. The van der Waals surface area contributed by atoms with Crippen molar-refractivity contribution in [2.24, 2.45) is 0 Å². The van der Waals surface area contributed by atoms with E-state index in [1.807, 2.05) is 56.3 Å². The van der Waals surface area contributed by atoms with Gasteiger partial charge in [0.1, 0.15) is 11.4 Å². The van der Waals surface area contributed by atoms with Crippen LogP contribution in [0.2, 0.25) is 5.02 Å².